The summed E-state index contributed by atoms with van der Waals surface area (Å²) in [7, 11) is 0. The van der Waals surface area contributed by atoms with Gasteiger partial charge >= 0.3 is 0 Å². The minimum atomic E-state index is 0.328. The van der Waals surface area contributed by atoms with E-state index in [9.17, 15) is 0 Å². The summed E-state index contributed by atoms with van der Waals surface area (Å²) in [5.74, 6) is 0. The van der Waals surface area contributed by atoms with Crippen molar-refractivity contribution in [3.63, 3.8) is 0 Å². The highest BCUT2D eigenvalue weighted by molar-refractivity contribution is 5.94. The molecule has 3 heteroatoms. The standard InChI is InChI=1S/C14H17N3/c15-10-3-1-9(2-4-10)13-8-17-14-6-5-11(16)7-12(13)14/h1,5-8,10,17H,2-4,15-16H2. The molecule has 1 atom stereocenters. The van der Waals surface area contributed by atoms with Gasteiger partial charge in [-0.3, -0.25) is 0 Å². The van der Waals surface area contributed by atoms with Gasteiger partial charge in [0.05, 0.1) is 0 Å². The van der Waals surface area contributed by atoms with Crippen LogP contribution in [-0.4, -0.2) is 11.0 Å². The van der Waals surface area contributed by atoms with Crippen molar-refractivity contribution in [1.29, 1.82) is 0 Å². The van der Waals surface area contributed by atoms with Crippen LogP contribution in [0.1, 0.15) is 24.8 Å². The third-order valence-electron chi connectivity index (χ3n) is 3.50. The minimum absolute atomic E-state index is 0.328. The molecule has 0 aliphatic heterocycles. The number of H-pyrrole nitrogens is 1. The molecule has 1 unspecified atom stereocenters. The van der Waals surface area contributed by atoms with E-state index in [0.29, 0.717) is 6.04 Å². The van der Waals surface area contributed by atoms with Gasteiger partial charge in [0.2, 0.25) is 0 Å². The van der Waals surface area contributed by atoms with Crippen LogP contribution >= 0.6 is 0 Å². The van der Waals surface area contributed by atoms with Gasteiger partial charge in [-0.25, -0.2) is 0 Å². The number of rotatable bonds is 1. The van der Waals surface area contributed by atoms with Crippen LogP contribution in [0.4, 0.5) is 5.69 Å². The number of hydrogen-bond donors (Lipinski definition) is 3. The number of hydrogen-bond acceptors (Lipinski definition) is 2. The normalized spacial score (nSPS) is 20.5. The summed E-state index contributed by atoms with van der Waals surface area (Å²) in [6.45, 7) is 0. The van der Waals surface area contributed by atoms with E-state index < -0.39 is 0 Å². The monoisotopic (exact) mass is 227 g/mol. The van der Waals surface area contributed by atoms with Gasteiger partial charge in [-0.05, 0) is 43.0 Å². The molecule has 0 saturated heterocycles. The third kappa shape index (κ3) is 1.83. The van der Waals surface area contributed by atoms with E-state index in [2.05, 4.69) is 17.3 Å². The zero-order valence-electron chi connectivity index (χ0n) is 9.74. The number of nitrogens with two attached hydrogens (primary N) is 2. The molecule has 1 aliphatic rings. The maximum absolute atomic E-state index is 5.91. The van der Waals surface area contributed by atoms with E-state index in [-0.39, 0.29) is 0 Å². The molecule has 0 bridgehead atoms. The van der Waals surface area contributed by atoms with E-state index in [1.54, 1.807) is 0 Å². The van der Waals surface area contributed by atoms with Crippen LogP contribution in [-0.2, 0) is 0 Å². The Morgan fingerprint density at radius 1 is 1.29 bits per heavy atom. The number of aromatic amines is 1. The van der Waals surface area contributed by atoms with Crippen molar-refractivity contribution >= 4 is 22.2 Å². The Morgan fingerprint density at radius 3 is 2.94 bits per heavy atom. The van der Waals surface area contributed by atoms with Crippen molar-refractivity contribution in [2.24, 2.45) is 5.73 Å². The molecule has 3 nitrogen and oxygen atoms in total. The first kappa shape index (κ1) is 10.4. The van der Waals surface area contributed by atoms with Crippen LogP contribution in [0.2, 0.25) is 0 Å². The van der Waals surface area contributed by atoms with Crippen LogP contribution in [0.15, 0.2) is 30.5 Å². The minimum Gasteiger partial charge on any atom is -0.399 e. The predicted molar refractivity (Wildman–Crippen MR) is 72.5 cm³/mol. The Balaban J connectivity index is 2.08. The molecule has 17 heavy (non-hydrogen) atoms. The third-order valence-corrected chi connectivity index (χ3v) is 3.50. The molecule has 1 heterocycles. The summed E-state index contributed by atoms with van der Waals surface area (Å²) in [5.41, 5.74) is 16.4. The molecule has 1 aliphatic carbocycles. The summed E-state index contributed by atoms with van der Waals surface area (Å²) in [6, 6.07) is 6.32. The van der Waals surface area contributed by atoms with Crippen LogP contribution in [0.5, 0.6) is 0 Å². The summed E-state index contributed by atoms with van der Waals surface area (Å²) in [5, 5.41) is 1.21. The average molecular weight is 227 g/mol. The molecule has 0 radical (unpaired) electrons. The second-order valence-electron chi connectivity index (χ2n) is 4.77. The predicted octanol–water partition coefficient (Wildman–Crippen LogP) is 2.64. The lowest BCUT2D eigenvalue weighted by Crippen LogP contribution is -2.21. The lowest BCUT2D eigenvalue weighted by atomic mass is 9.91. The highest BCUT2D eigenvalue weighted by Crippen LogP contribution is 2.32. The number of allylic oxidation sites excluding steroid dienone is 1. The Morgan fingerprint density at radius 2 is 2.18 bits per heavy atom. The van der Waals surface area contributed by atoms with Crippen molar-refractivity contribution in [3.8, 4) is 0 Å². The van der Waals surface area contributed by atoms with Gasteiger partial charge in [-0.1, -0.05) is 6.08 Å². The molecular weight excluding hydrogens is 210 g/mol. The fraction of sp³-hybridized carbons (Fsp3) is 0.286. The summed E-state index contributed by atoms with van der Waals surface area (Å²) in [6.07, 6.45) is 7.45. The molecule has 1 aromatic heterocycles. The molecule has 0 saturated carbocycles. The molecule has 0 fully saturated rings. The van der Waals surface area contributed by atoms with Crippen molar-refractivity contribution in [1.82, 2.24) is 4.98 Å². The van der Waals surface area contributed by atoms with Gasteiger partial charge in [0, 0.05) is 34.4 Å². The highest BCUT2D eigenvalue weighted by atomic mass is 14.7. The molecule has 5 N–H and O–H groups in total. The molecule has 3 rings (SSSR count). The van der Waals surface area contributed by atoms with Gasteiger partial charge in [0.25, 0.3) is 0 Å². The quantitative estimate of drug-likeness (QED) is 0.655. The van der Waals surface area contributed by atoms with Crippen molar-refractivity contribution < 1.29 is 0 Å². The van der Waals surface area contributed by atoms with Crippen molar-refractivity contribution in [2.45, 2.75) is 25.3 Å². The zero-order valence-corrected chi connectivity index (χ0v) is 9.74. The smallest absolute Gasteiger partial charge is 0.0461 e. The van der Waals surface area contributed by atoms with Gasteiger partial charge in [0.1, 0.15) is 0 Å². The second-order valence-corrected chi connectivity index (χ2v) is 4.77. The summed E-state index contributed by atoms with van der Waals surface area (Å²) in [4.78, 5) is 3.30. The maximum Gasteiger partial charge on any atom is 0.0461 e. The average Bonchev–Trinajstić information content (AvgIpc) is 2.73. The second kappa shape index (κ2) is 3.93. The Hall–Kier alpha value is -1.74. The highest BCUT2D eigenvalue weighted by Gasteiger charge is 2.14. The fourth-order valence-electron chi connectivity index (χ4n) is 2.50. The maximum atomic E-state index is 5.91. The lowest BCUT2D eigenvalue weighted by Gasteiger charge is -2.17. The van der Waals surface area contributed by atoms with E-state index >= 15 is 0 Å². The van der Waals surface area contributed by atoms with E-state index in [1.165, 1.54) is 16.5 Å². The number of anilines is 1. The first-order valence-corrected chi connectivity index (χ1v) is 6.05. The number of nitrogens with one attached hydrogen (secondary N) is 1. The van der Waals surface area contributed by atoms with Crippen LogP contribution in [0.25, 0.3) is 16.5 Å². The van der Waals surface area contributed by atoms with E-state index in [4.69, 9.17) is 11.5 Å². The largest absolute Gasteiger partial charge is 0.399 e. The van der Waals surface area contributed by atoms with Crippen LogP contribution in [0.3, 0.4) is 0 Å². The number of nitrogen functional groups attached to an aromatic ring is 1. The number of aromatic nitrogens is 1. The summed E-state index contributed by atoms with van der Waals surface area (Å²) < 4.78 is 0. The number of benzene rings is 1. The Bertz CT molecular complexity index is 580. The lowest BCUT2D eigenvalue weighted by molar-refractivity contribution is 0.615. The van der Waals surface area contributed by atoms with E-state index in [1.807, 2.05) is 18.2 Å². The molecule has 1 aromatic carbocycles. The molecular formula is C14H17N3. The first-order chi connectivity index (χ1) is 8.24. The van der Waals surface area contributed by atoms with Gasteiger partial charge in [0.15, 0.2) is 0 Å². The Kier molecular flexibility index (Phi) is 2.41. The molecule has 88 valence electrons. The van der Waals surface area contributed by atoms with Crippen LogP contribution < -0.4 is 11.5 Å². The Labute approximate surface area is 100 Å². The first-order valence-electron chi connectivity index (χ1n) is 6.05. The zero-order chi connectivity index (χ0) is 11.8. The molecule has 0 amide bonds. The topological polar surface area (TPSA) is 67.8 Å². The van der Waals surface area contributed by atoms with Gasteiger partial charge < -0.3 is 16.5 Å². The van der Waals surface area contributed by atoms with E-state index in [0.717, 1.165) is 30.5 Å². The van der Waals surface area contributed by atoms with Crippen LogP contribution in [0, 0.1) is 0 Å². The van der Waals surface area contributed by atoms with Gasteiger partial charge in [-0.2, -0.15) is 0 Å². The van der Waals surface area contributed by atoms with Crippen molar-refractivity contribution in [3.05, 3.63) is 36.0 Å². The molecule has 2 aromatic rings. The SMILES string of the molecule is Nc1ccc2[nH]cc(C3=CCC(N)CC3)c2c1. The number of fused-ring (bicyclic) bond motifs is 1. The van der Waals surface area contributed by atoms with Crippen molar-refractivity contribution in [2.75, 3.05) is 5.73 Å². The van der Waals surface area contributed by atoms with Gasteiger partial charge in [-0.15, -0.1) is 0 Å². The molecule has 0 spiro atoms. The summed E-state index contributed by atoms with van der Waals surface area (Å²) >= 11 is 0. The fourth-order valence-corrected chi connectivity index (χ4v) is 2.50.